The summed E-state index contributed by atoms with van der Waals surface area (Å²) in [7, 11) is 0. The standard InChI is InChI=1S/C22H24BrFO/c1-2-3-4-5-6-7-12-25-18-9-11-19-16(13-18)14-22(24)21-15-17(23)8-10-20(19)21/h8-11,13-15H,2-7,12H2,1H3. The Labute approximate surface area is 157 Å². The highest BCUT2D eigenvalue weighted by atomic mass is 79.9. The Kier molecular flexibility index (Phi) is 6.30. The van der Waals surface area contributed by atoms with Crippen LogP contribution in [0, 0.1) is 5.82 Å². The molecule has 0 aliphatic heterocycles. The second-order valence-electron chi connectivity index (χ2n) is 6.55. The van der Waals surface area contributed by atoms with Gasteiger partial charge in [0.1, 0.15) is 11.6 Å². The van der Waals surface area contributed by atoms with Crippen molar-refractivity contribution in [1.29, 1.82) is 0 Å². The number of halogens is 2. The molecule has 0 unspecified atom stereocenters. The van der Waals surface area contributed by atoms with Gasteiger partial charge < -0.3 is 4.74 Å². The maximum atomic E-state index is 14.4. The molecule has 0 heterocycles. The monoisotopic (exact) mass is 402 g/mol. The average molecular weight is 403 g/mol. The van der Waals surface area contributed by atoms with Crippen LogP contribution >= 0.6 is 15.9 Å². The molecular weight excluding hydrogens is 379 g/mol. The molecule has 0 aromatic heterocycles. The Morgan fingerprint density at radius 3 is 2.44 bits per heavy atom. The Morgan fingerprint density at radius 1 is 0.840 bits per heavy atom. The highest BCUT2D eigenvalue weighted by Crippen LogP contribution is 2.32. The van der Waals surface area contributed by atoms with E-state index in [1.807, 2.05) is 36.4 Å². The van der Waals surface area contributed by atoms with E-state index < -0.39 is 0 Å². The van der Waals surface area contributed by atoms with Crippen molar-refractivity contribution < 1.29 is 9.13 Å². The van der Waals surface area contributed by atoms with Crippen LogP contribution in [0.4, 0.5) is 4.39 Å². The summed E-state index contributed by atoms with van der Waals surface area (Å²) in [6.45, 7) is 2.95. The lowest BCUT2D eigenvalue weighted by Gasteiger charge is -2.10. The first-order chi connectivity index (χ1) is 12.2. The minimum Gasteiger partial charge on any atom is -0.494 e. The first-order valence-corrected chi connectivity index (χ1v) is 9.92. The molecule has 3 aromatic carbocycles. The number of hydrogen-bond acceptors (Lipinski definition) is 1. The zero-order chi connectivity index (χ0) is 17.6. The zero-order valence-electron chi connectivity index (χ0n) is 14.7. The Morgan fingerprint density at radius 2 is 1.60 bits per heavy atom. The highest BCUT2D eigenvalue weighted by Gasteiger charge is 2.08. The maximum absolute atomic E-state index is 14.4. The second kappa shape index (κ2) is 8.66. The number of benzene rings is 3. The molecule has 0 saturated carbocycles. The molecule has 0 atom stereocenters. The van der Waals surface area contributed by atoms with Crippen LogP contribution in [0.3, 0.4) is 0 Å². The lowest BCUT2D eigenvalue weighted by molar-refractivity contribution is 0.305. The number of unbranched alkanes of at least 4 members (excludes halogenated alkanes) is 5. The van der Waals surface area contributed by atoms with E-state index in [2.05, 4.69) is 22.9 Å². The average Bonchev–Trinajstić information content (AvgIpc) is 2.61. The molecule has 1 nitrogen and oxygen atoms in total. The first-order valence-electron chi connectivity index (χ1n) is 9.13. The van der Waals surface area contributed by atoms with E-state index in [1.165, 1.54) is 32.1 Å². The molecule has 3 rings (SSSR count). The molecule has 0 N–H and O–H groups in total. The van der Waals surface area contributed by atoms with E-state index in [1.54, 1.807) is 6.07 Å². The van der Waals surface area contributed by atoms with E-state index >= 15 is 0 Å². The van der Waals surface area contributed by atoms with Gasteiger partial charge in [0.05, 0.1) is 6.61 Å². The topological polar surface area (TPSA) is 9.23 Å². The summed E-state index contributed by atoms with van der Waals surface area (Å²) in [6.07, 6.45) is 7.47. The molecule has 0 radical (unpaired) electrons. The van der Waals surface area contributed by atoms with E-state index in [4.69, 9.17) is 4.74 Å². The summed E-state index contributed by atoms with van der Waals surface area (Å²) in [5.74, 6) is 0.619. The van der Waals surface area contributed by atoms with Gasteiger partial charge >= 0.3 is 0 Å². The van der Waals surface area contributed by atoms with Crippen molar-refractivity contribution in [3.05, 3.63) is 52.8 Å². The summed E-state index contributed by atoms with van der Waals surface area (Å²) in [4.78, 5) is 0. The Bertz CT molecular complexity index is 859. The van der Waals surface area contributed by atoms with Crippen molar-refractivity contribution in [2.45, 2.75) is 45.4 Å². The lowest BCUT2D eigenvalue weighted by Crippen LogP contribution is -1.97. The minimum atomic E-state index is -0.197. The quantitative estimate of drug-likeness (QED) is 0.277. The smallest absolute Gasteiger partial charge is 0.131 e. The van der Waals surface area contributed by atoms with Gasteiger partial charge in [0.25, 0.3) is 0 Å². The fourth-order valence-electron chi connectivity index (χ4n) is 3.23. The maximum Gasteiger partial charge on any atom is 0.131 e. The minimum absolute atomic E-state index is 0.197. The first kappa shape index (κ1) is 18.2. The largest absolute Gasteiger partial charge is 0.494 e. The predicted octanol–water partition coefficient (Wildman–Crippen LogP) is 7.63. The van der Waals surface area contributed by atoms with Crippen molar-refractivity contribution >= 4 is 37.5 Å². The van der Waals surface area contributed by atoms with Crippen LogP contribution in [0.5, 0.6) is 5.75 Å². The van der Waals surface area contributed by atoms with Crippen molar-refractivity contribution in [2.75, 3.05) is 6.61 Å². The number of ether oxygens (including phenoxy) is 1. The molecular formula is C22H24BrFO. The highest BCUT2D eigenvalue weighted by molar-refractivity contribution is 9.10. The predicted molar refractivity (Wildman–Crippen MR) is 108 cm³/mol. The van der Waals surface area contributed by atoms with Crippen LogP contribution in [0.25, 0.3) is 21.5 Å². The van der Waals surface area contributed by atoms with E-state index in [-0.39, 0.29) is 5.82 Å². The molecule has 0 spiro atoms. The second-order valence-corrected chi connectivity index (χ2v) is 7.46. The SMILES string of the molecule is CCCCCCCCOc1ccc2c(c1)cc(F)c1cc(Br)ccc12. The summed E-state index contributed by atoms with van der Waals surface area (Å²) in [6, 6.07) is 13.3. The summed E-state index contributed by atoms with van der Waals surface area (Å²) in [5, 5.41) is 3.51. The normalized spacial score (nSPS) is 11.3. The van der Waals surface area contributed by atoms with E-state index in [0.29, 0.717) is 5.39 Å². The summed E-state index contributed by atoms with van der Waals surface area (Å²) in [5.41, 5.74) is 0. The molecule has 132 valence electrons. The Hall–Kier alpha value is -1.61. The van der Waals surface area contributed by atoms with Gasteiger partial charge in [0, 0.05) is 9.86 Å². The molecule has 3 aromatic rings. The van der Waals surface area contributed by atoms with Crippen LogP contribution in [0.15, 0.2) is 46.9 Å². The lowest BCUT2D eigenvalue weighted by atomic mass is 10.0. The third kappa shape index (κ3) is 4.52. The van der Waals surface area contributed by atoms with Gasteiger partial charge in [-0.1, -0.05) is 67.1 Å². The molecule has 25 heavy (non-hydrogen) atoms. The van der Waals surface area contributed by atoms with Crippen molar-refractivity contribution in [2.24, 2.45) is 0 Å². The van der Waals surface area contributed by atoms with Crippen LogP contribution in [0.1, 0.15) is 45.4 Å². The van der Waals surface area contributed by atoms with Gasteiger partial charge in [-0.15, -0.1) is 0 Å². The van der Waals surface area contributed by atoms with Gasteiger partial charge in [-0.05, 0) is 52.9 Å². The number of rotatable bonds is 8. The number of fused-ring (bicyclic) bond motifs is 3. The van der Waals surface area contributed by atoms with Crippen molar-refractivity contribution in [1.82, 2.24) is 0 Å². The fourth-order valence-corrected chi connectivity index (χ4v) is 3.59. The van der Waals surface area contributed by atoms with Gasteiger partial charge in [0.15, 0.2) is 0 Å². The zero-order valence-corrected chi connectivity index (χ0v) is 16.2. The summed E-state index contributed by atoms with van der Waals surface area (Å²) < 4.78 is 21.2. The van der Waals surface area contributed by atoms with Gasteiger partial charge in [-0.3, -0.25) is 0 Å². The van der Waals surface area contributed by atoms with Gasteiger partial charge in [-0.25, -0.2) is 4.39 Å². The van der Waals surface area contributed by atoms with Gasteiger partial charge in [-0.2, -0.15) is 0 Å². The summed E-state index contributed by atoms with van der Waals surface area (Å²) >= 11 is 3.41. The molecule has 0 amide bonds. The molecule has 3 heteroatoms. The van der Waals surface area contributed by atoms with E-state index in [9.17, 15) is 4.39 Å². The third-order valence-electron chi connectivity index (χ3n) is 4.60. The van der Waals surface area contributed by atoms with Crippen LogP contribution < -0.4 is 4.74 Å². The van der Waals surface area contributed by atoms with Crippen LogP contribution in [-0.4, -0.2) is 6.61 Å². The molecule has 0 aliphatic carbocycles. The third-order valence-corrected chi connectivity index (χ3v) is 5.09. The molecule has 0 bridgehead atoms. The fraction of sp³-hybridized carbons (Fsp3) is 0.364. The molecule has 0 fully saturated rings. The van der Waals surface area contributed by atoms with Crippen molar-refractivity contribution in [3.63, 3.8) is 0 Å². The Balaban J connectivity index is 1.70. The van der Waals surface area contributed by atoms with Gasteiger partial charge in [0.2, 0.25) is 0 Å². The molecule has 0 saturated heterocycles. The van der Waals surface area contributed by atoms with Crippen molar-refractivity contribution in [3.8, 4) is 5.75 Å². The van der Waals surface area contributed by atoms with Crippen LogP contribution in [0.2, 0.25) is 0 Å². The van der Waals surface area contributed by atoms with Crippen LogP contribution in [-0.2, 0) is 0 Å². The van der Waals surface area contributed by atoms with E-state index in [0.717, 1.165) is 39.4 Å². The molecule has 0 aliphatic rings. The number of hydrogen-bond donors (Lipinski definition) is 0.